The summed E-state index contributed by atoms with van der Waals surface area (Å²) in [5.74, 6) is 0. The van der Waals surface area contributed by atoms with Crippen molar-refractivity contribution in [3.63, 3.8) is 0 Å². The minimum Gasteiger partial charge on any atom is -0.502 e. The van der Waals surface area contributed by atoms with Gasteiger partial charge in [-0.25, -0.2) is 0 Å². The van der Waals surface area contributed by atoms with E-state index in [2.05, 4.69) is 4.74 Å². The first-order valence-electron chi connectivity index (χ1n) is 2.52. The molecule has 1 nitrogen and oxygen atoms in total. The first-order valence-corrected chi connectivity index (χ1v) is 1.52. The van der Waals surface area contributed by atoms with Crippen molar-refractivity contribution in [3.05, 3.63) is 12.8 Å². The Balaban J connectivity index is 3.08. The first kappa shape index (κ1) is 1.85. The summed E-state index contributed by atoms with van der Waals surface area (Å²) in [6.07, 6.45) is 1.10. The summed E-state index contributed by atoms with van der Waals surface area (Å²) in [4.78, 5) is 0. The SMILES string of the molecule is [2H]C([2H])=COCC. The fraction of sp³-hybridized carbons (Fsp3) is 0.500. The van der Waals surface area contributed by atoms with Crippen molar-refractivity contribution >= 4 is 0 Å². The van der Waals surface area contributed by atoms with Gasteiger partial charge in [-0.1, -0.05) is 6.53 Å². The van der Waals surface area contributed by atoms with Crippen molar-refractivity contribution in [2.24, 2.45) is 0 Å². The molecule has 0 aromatic carbocycles. The Kier molecular flexibility index (Phi) is 1.31. The van der Waals surface area contributed by atoms with Gasteiger partial charge in [-0.2, -0.15) is 0 Å². The zero-order chi connectivity index (χ0) is 5.70. The molecule has 0 atom stereocenters. The maximum Gasteiger partial charge on any atom is 0.0844 e. The minimum absolute atomic E-state index is 0.290. The lowest BCUT2D eigenvalue weighted by atomic mass is 10.9. The van der Waals surface area contributed by atoms with E-state index in [-0.39, 0.29) is 6.53 Å². The van der Waals surface area contributed by atoms with Crippen LogP contribution in [0.15, 0.2) is 12.8 Å². The molecule has 0 radical (unpaired) electrons. The van der Waals surface area contributed by atoms with E-state index in [0.29, 0.717) is 6.61 Å². The van der Waals surface area contributed by atoms with Crippen molar-refractivity contribution < 1.29 is 7.48 Å². The molecule has 1 heteroatoms. The summed E-state index contributed by atoms with van der Waals surface area (Å²) >= 11 is 0. The number of ether oxygens (including phenoxy) is 1. The van der Waals surface area contributed by atoms with Crippen molar-refractivity contribution in [3.8, 4) is 0 Å². The van der Waals surface area contributed by atoms with E-state index in [1.807, 2.05) is 0 Å². The molecule has 0 spiro atoms. The van der Waals surface area contributed by atoms with Crippen molar-refractivity contribution in [2.45, 2.75) is 6.92 Å². The zero-order valence-corrected chi connectivity index (χ0v) is 3.19. The summed E-state index contributed by atoms with van der Waals surface area (Å²) < 4.78 is 17.5. The molecular weight excluding hydrogens is 64.0 g/mol. The number of hydrogen-bond donors (Lipinski definition) is 0. The Hall–Kier alpha value is -0.460. The second-order valence-electron chi connectivity index (χ2n) is 0.573. The zero-order valence-electron chi connectivity index (χ0n) is 5.19. The Morgan fingerprint density at radius 3 is 3.40 bits per heavy atom. The topological polar surface area (TPSA) is 9.23 Å². The predicted octanol–water partition coefficient (Wildman–Crippen LogP) is 1.17. The molecular formula is C4H8O. The normalized spacial score (nSPS) is 11.4. The molecule has 0 unspecified atom stereocenters. The predicted molar refractivity (Wildman–Crippen MR) is 21.8 cm³/mol. The fourth-order valence-corrected chi connectivity index (χ4v) is 0.0833. The molecule has 0 bridgehead atoms. The monoisotopic (exact) mass is 74.1 g/mol. The van der Waals surface area contributed by atoms with Gasteiger partial charge in [-0.15, -0.1) is 0 Å². The summed E-state index contributed by atoms with van der Waals surface area (Å²) in [5, 5.41) is 0. The second kappa shape index (κ2) is 3.54. The molecule has 0 saturated heterocycles. The summed E-state index contributed by atoms with van der Waals surface area (Å²) in [6, 6.07) is 0. The molecule has 0 aliphatic rings. The van der Waals surface area contributed by atoms with Crippen LogP contribution >= 0.6 is 0 Å². The van der Waals surface area contributed by atoms with Gasteiger partial charge in [0, 0.05) is 0 Å². The highest BCUT2D eigenvalue weighted by molar-refractivity contribution is 4.45. The smallest absolute Gasteiger partial charge is 0.0844 e. The summed E-state index contributed by atoms with van der Waals surface area (Å²) in [7, 11) is 0. The standard InChI is InChI=1S/C4H8O/c1-3-5-4-2/h3H,1,4H2,2H3/i1D2. The van der Waals surface area contributed by atoms with Crippen LogP contribution < -0.4 is 0 Å². The van der Waals surface area contributed by atoms with Gasteiger partial charge in [0.15, 0.2) is 0 Å². The summed E-state index contributed by atoms with van der Waals surface area (Å²) in [6.45, 7) is 2.04. The highest BCUT2D eigenvalue weighted by atomic mass is 16.5. The molecule has 0 N–H and O–H groups in total. The molecule has 30 valence electrons. The first-order chi connectivity index (χ1) is 3.27. The molecule has 0 aromatic rings. The van der Waals surface area contributed by atoms with Gasteiger partial charge in [-0.3, -0.25) is 0 Å². The summed E-state index contributed by atoms with van der Waals surface area (Å²) in [5.41, 5.74) is 0. The third kappa shape index (κ3) is 3.54. The van der Waals surface area contributed by atoms with Crippen LogP contribution in [-0.2, 0) is 4.74 Å². The molecule has 0 fully saturated rings. The van der Waals surface area contributed by atoms with Gasteiger partial charge in [-0.05, 0) is 6.92 Å². The van der Waals surface area contributed by atoms with Gasteiger partial charge in [0.25, 0.3) is 0 Å². The van der Waals surface area contributed by atoms with Crippen LogP contribution in [0.5, 0.6) is 0 Å². The third-order valence-electron chi connectivity index (χ3n) is 0.250. The highest BCUT2D eigenvalue weighted by Crippen LogP contribution is 1.65. The van der Waals surface area contributed by atoms with Gasteiger partial charge < -0.3 is 4.74 Å². The van der Waals surface area contributed by atoms with Gasteiger partial charge in [0.2, 0.25) is 0 Å². The van der Waals surface area contributed by atoms with E-state index < -0.39 is 0 Å². The van der Waals surface area contributed by atoms with E-state index in [1.54, 1.807) is 6.92 Å². The molecule has 5 heavy (non-hydrogen) atoms. The van der Waals surface area contributed by atoms with E-state index in [4.69, 9.17) is 2.74 Å². The Morgan fingerprint density at radius 2 is 3.20 bits per heavy atom. The Bertz CT molecular complexity index is 66.1. The lowest BCUT2D eigenvalue weighted by molar-refractivity contribution is 0.270. The molecule has 0 aromatic heterocycles. The van der Waals surface area contributed by atoms with E-state index in [1.165, 1.54) is 0 Å². The lowest BCUT2D eigenvalue weighted by Gasteiger charge is -1.84. The van der Waals surface area contributed by atoms with Crippen LogP contribution in [0.2, 0.25) is 0 Å². The third-order valence-corrected chi connectivity index (χ3v) is 0.250. The average molecular weight is 74.1 g/mol. The van der Waals surface area contributed by atoms with Crippen LogP contribution in [0.25, 0.3) is 0 Å². The number of hydrogen-bond acceptors (Lipinski definition) is 1. The average Bonchev–Trinajstić information content (AvgIpc) is 1.61. The molecule has 0 aliphatic carbocycles. The van der Waals surface area contributed by atoms with Crippen molar-refractivity contribution in [1.82, 2.24) is 0 Å². The van der Waals surface area contributed by atoms with Gasteiger partial charge in [0.1, 0.15) is 0 Å². The van der Waals surface area contributed by atoms with Crippen molar-refractivity contribution in [1.29, 1.82) is 0 Å². The van der Waals surface area contributed by atoms with E-state index in [9.17, 15) is 0 Å². The lowest BCUT2D eigenvalue weighted by Crippen LogP contribution is -1.72. The number of rotatable bonds is 2. The van der Waals surface area contributed by atoms with E-state index in [0.717, 1.165) is 6.26 Å². The Morgan fingerprint density at radius 1 is 2.40 bits per heavy atom. The van der Waals surface area contributed by atoms with Crippen LogP contribution in [0.4, 0.5) is 0 Å². The van der Waals surface area contributed by atoms with Crippen LogP contribution in [0.3, 0.4) is 0 Å². The van der Waals surface area contributed by atoms with Crippen LogP contribution in [-0.4, -0.2) is 6.61 Å². The molecule has 0 saturated carbocycles. The molecule has 0 aliphatic heterocycles. The quantitative estimate of drug-likeness (QED) is 0.447. The highest BCUT2D eigenvalue weighted by Gasteiger charge is 1.55. The molecule has 0 amide bonds. The maximum absolute atomic E-state index is 6.48. The largest absolute Gasteiger partial charge is 0.502 e. The van der Waals surface area contributed by atoms with Crippen LogP contribution in [0.1, 0.15) is 9.67 Å². The van der Waals surface area contributed by atoms with Crippen molar-refractivity contribution in [2.75, 3.05) is 6.61 Å². The van der Waals surface area contributed by atoms with Crippen LogP contribution in [0, 0.1) is 0 Å². The minimum atomic E-state index is -0.290. The fourth-order valence-electron chi connectivity index (χ4n) is 0.0833. The maximum atomic E-state index is 6.48. The van der Waals surface area contributed by atoms with Gasteiger partial charge in [0.05, 0.1) is 15.6 Å². The molecule has 0 rings (SSSR count). The van der Waals surface area contributed by atoms with Gasteiger partial charge >= 0.3 is 0 Å². The molecule has 0 heterocycles. The Labute approximate surface area is 35.1 Å². The second-order valence-corrected chi connectivity index (χ2v) is 0.573. The van der Waals surface area contributed by atoms with E-state index >= 15 is 0 Å².